The van der Waals surface area contributed by atoms with Crippen molar-refractivity contribution in [1.82, 2.24) is 4.72 Å². The van der Waals surface area contributed by atoms with Gasteiger partial charge in [-0.2, -0.15) is 0 Å². The number of halogens is 1. The summed E-state index contributed by atoms with van der Waals surface area (Å²) in [7, 11) is -4.03. The summed E-state index contributed by atoms with van der Waals surface area (Å²) in [4.78, 5) is 27.3. The van der Waals surface area contributed by atoms with Crippen LogP contribution in [0.25, 0.3) is 0 Å². The number of hydrogen-bond donors (Lipinski definition) is 2. The summed E-state index contributed by atoms with van der Waals surface area (Å²) >= 11 is 3.36. The van der Waals surface area contributed by atoms with Crippen molar-refractivity contribution in [2.24, 2.45) is 5.92 Å². The highest BCUT2D eigenvalue weighted by atomic mass is 79.9. The third-order valence-corrected chi connectivity index (χ3v) is 8.73. The standard InChI is InChI=1S/C29H32BrN3O5S/c1-3-38-29(35)23-10-7-17-33(19-23)26-16-15-25(31-28(34)22-11-13-24(30)14-12-22)18-27(26)39(36,37)32-20(2)21-8-5-4-6-9-21/h4-6,8-9,11-16,18,20,23,32H,3,7,10,17,19H2,1-2H3,(H,31,34). The van der Waals surface area contributed by atoms with E-state index in [1.807, 2.05) is 35.2 Å². The summed E-state index contributed by atoms with van der Waals surface area (Å²) in [6.45, 7) is 4.79. The zero-order chi connectivity index (χ0) is 28.0. The molecule has 1 saturated heterocycles. The number of hydrogen-bond acceptors (Lipinski definition) is 6. The molecule has 1 heterocycles. The molecular weight excluding hydrogens is 582 g/mol. The number of benzene rings is 3. The van der Waals surface area contributed by atoms with Crippen molar-refractivity contribution in [1.29, 1.82) is 0 Å². The Balaban J connectivity index is 1.67. The quantitative estimate of drug-likeness (QED) is 0.308. The number of rotatable bonds is 9. The maximum absolute atomic E-state index is 13.8. The number of nitrogens with zero attached hydrogens (tertiary/aromatic N) is 1. The van der Waals surface area contributed by atoms with Crippen LogP contribution in [0.4, 0.5) is 11.4 Å². The number of ether oxygens (including phenoxy) is 1. The van der Waals surface area contributed by atoms with Crippen LogP contribution in [0, 0.1) is 5.92 Å². The van der Waals surface area contributed by atoms with Crippen LogP contribution in [0.3, 0.4) is 0 Å². The average molecular weight is 615 g/mol. The molecule has 4 rings (SSSR count). The molecule has 2 N–H and O–H groups in total. The molecule has 3 aromatic rings. The van der Waals surface area contributed by atoms with Gasteiger partial charge in [0.25, 0.3) is 5.91 Å². The average Bonchev–Trinajstić information content (AvgIpc) is 2.94. The van der Waals surface area contributed by atoms with Gasteiger partial charge < -0.3 is 15.0 Å². The first-order valence-corrected chi connectivity index (χ1v) is 15.2. The van der Waals surface area contributed by atoms with Crippen molar-refractivity contribution in [2.75, 3.05) is 29.9 Å². The van der Waals surface area contributed by atoms with E-state index < -0.39 is 16.1 Å². The number of piperidine rings is 1. The minimum absolute atomic E-state index is 0.0309. The summed E-state index contributed by atoms with van der Waals surface area (Å²) in [6, 6.07) is 20.5. The summed E-state index contributed by atoms with van der Waals surface area (Å²) in [6.07, 6.45) is 1.40. The maximum Gasteiger partial charge on any atom is 0.310 e. The van der Waals surface area contributed by atoms with Crippen LogP contribution in [0.2, 0.25) is 0 Å². The van der Waals surface area contributed by atoms with Gasteiger partial charge in [0, 0.05) is 34.9 Å². The van der Waals surface area contributed by atoms with Crippen LogP contribution in [-0.2, 0) is 19.6 Å². The number of nitrogens with one attached hydrogen (secondary N) is 2. The number of amides is 1. The van der Waals surface area contributed by atoms with E-state index in [2.05, 4.69) is 26.0 Å². The Bertz CT molecular complexity index is 1410. The van der Waals surface area contributed by atoms with E-state index >= 15 is 0 Å². The van der Waals surface area contributed by atoms with Gasteiger partial charge in [-0.05, 0) is 74.7 Å². The van der Waals surface area contributed by atoms with Crippen LogP contribution < -0.4 is 14.9 Å². The molecule has 0 saturated carbocycles. The number of carbonyl (C=O) groups excluding carboxylic acids is 2. The Labute approximate surface area is 237 Å². The lowest BCUT2D eigenvalue weighted by Gasteiger charge is -2.34. The molecule has 0 aromatic heterocycles. The number of esters is 1. The van der Waals surface area contributed by atoms with Gasteiger partial charge in [0.05, 0.1) is 18.2 Å². The van der Waals surface area contributed by atoms with Gasteiger partial charge in [-0.15, -0.1) is 0 Å². The van der Waals surface area contributed by atoms with Crippen molar-refractivity contribution in [3.05, 3.63) is 88.4 Å². The fourth-order valence-corrected chi connectivity index (χ4v) is 6.37. The molecular formula is C29H32BrN3O5S. The second-order valence-corrected chi connectivity index (χ2v) is 12.0. The molecule has 2 atom stereocenters. The molecule has 2 unspecified atom stereocenters. The third-order valence-electron chi connectivity index (χ3n) is 6.63. The molecule has 1 aliphatic rings. The predicted molar refractivity (Wildman–Crippen MR) is 155 cm³/mol. The van der Waals surface area contributed by atoms with Crippen molar-refractivity contribution < 1.29 is 22.7 Å². The molecule has 8 nitrogen and oxygen atoms in total. The van der Waals surface area contributed by atoms with Crippen LogP contribution in [0.5, 0.6) is 0 Å². The van der Waals surface area contributed by atoms with Crippen molar-refractivity contribution in [3.63, 3.8) is 0 Å². The van der Waals surface area contributed by atoms with Crippen molar-refractivity contribution in [2.45, 2.75) is 37.6 Å². The molecule has 1 aliphatic heterocycles. The van der Waals surface area contributed by atoms with Crippen LogP contribution in [0.1, 0.15) is 48.7 Å². The number of carbonyl (C=O) groups is 2. The topological polar surface area (TPSA) is 105 Å². The Morgan fingerprint density at radius 2 is 1.79 bits per heavy atom. The van der Waals surface area contributed by atoms with E-state index in [9.17, 15) is 18.0 Å². The minimum Gasteiger partial charge on any atom is -0.466 e. The summed E-state index contributed by atoms with van der Waals surface area (Å²) in [5.41, 5.74) is 2.08. The lowest BCUT2D eigenvalue weighted by molar-refractivity contribution is -0.148. The van der Waals surface area contributed by atoms with Gasteiger partial charge in [-0.25, -0.2) is 13.1 Å². The van der Waals surface area contributed by atoms with E-state index in [-0.39, 0.29) is 22.7 Å². The highest BCUT2D eigenvalue weighted by Gasteiger charge is 2.31. The monoisotopic (exact) mass is 613 g/mol. The molecule has 0 bridgehead atoms. The summed E-state index contributed by atoms with van der Waals surface area (Å²) < 4.78 is 36.4. The second-order valence-electron chi connectivity index (χ2n) is 9.43. The fourth-order valence-electron chi connectivity index (χ4n) is 4.63. The first-order chi connectivity index (χ1) is 18.7. The first kappa shape index (κ1) is 28.8. The molecule has 1 fully saturated rings. The van der Waals surface area contributed by atoms with E-state index in [0.29, 0.717) is 43.1 Å². The molecule has 3 aromatic carbocycles. The highest BCUT2D eigenvalue weighted by molar-refractivity contribution is 9.10. The Morgan fingerprint density at radius 1 is 1.08 bits per heavy atom. The largest absolute Gasteiger partial charge is 0.466 e. The molecule has 10 heteroatoms. The zero-order valence-electron chi connectivity index (χ0n) is 21.9. The van der Waals surface area contributed by atoms with Crippen molar-refractivity contribution >= 4 is 49.2 Å². The van der Waals surface area contributed by atoms with E-state index in [1.54, 1.807) is 50.2 Å². The maximum atomic E-state index is 13.8. The van der Waals surface area contributed by atoms with E-state index in [1.165, 1.54) is 6.07 Å². The van der Waals surface area contributed by atoms with E-state index in [4.69, 9.17) is 4.74 Å². The lowest BCUT2D eigenvalue weighted by Crippen LogP contribution is -2.40. The Morgan fingerprint density at radius 3 is 2.49 bits per heavy atom. The second kappa shape index (κ2) is 12.8. The SMILES string of the molecule is CCOC(=O)C1CCCN(c2ccc(NC(=O)c3ccc(Br)cc3)cc2S(=O)(=O)NC(C)c2ccccc2)C1. The van der Waals surface area contributed by atoms with Gasteiger partial charge in [0.1, 0.15) is 4.90 Å². The number of sulfonamides is 1. The summed E-state index contributed by atoms with van der Waals surface area (Å²) in [5, 5.41) is 2.81. The van der Waals surface area contributed by atoms with Gasteiger partial charge in [-0.1, -0.05) is 46.3 Å². The normalized spacial score (nSPS) is 16.4. The minimum atomic E-state index is -4.03. The smallest absolute Gasteiger partial charge is 0.310 e. The zero-order valence-corrected chi connectivity index (χ0v) is 24.3. The highest BCUT2D eigenvalue weighted by Crippen LogP contribution is 2.33. The van der Waals surface area contributed by atoms with Crippen molar-refractivity contribution in [3.8, 4) is 0 Å². The Kier molecular flexibility index (Phi) is 9.42. The summed E-state index contributed by atoms with van der Waals surface area (Å²) in [5.74, 6) is -0.979. The van der Waals surface area contributed by atoms with Gasteiger partial charge in [0.2, 0.25) is 10.0 Å². The fraction of sp³-hybridized carbons (Fsp3) is 0.310. The van der Waals surface area contributed by atoms with Gasteiger partial charge in [0.15, 0.2) is 0 Å². The lowest BCUT2D eigenvalue weighted by atomic mass is 9.97. The van der Waals surface area contributed by atoms with Gasteiger partial charge in [-0.3, -0.25) is 9.59 Å². The number of anilines is 2. The van der Waals surface area contributed by atoms with Crippen LogP contribution >= 0.6 is 15.9 Å². The predicted octanol–water partition coefficient (Wildman–Crippen LogP) is 5.52. The van der Waals surface area contributed by atoms with Crippen LogP contribution in [0.15, 0.2) is 82.2 Å². The molecule has 0 aliphatic carbocycles. The first-order valence-electron chi connectivity index (χ1n) is 12.9. The van der Waals surface area contributed by atoms with Crippen LogP contribution in [-0.4, -0.2) is 40.0 Å². The third kappa shape index (κ3) is 7.26. The van der Waals surface area contributed by atoms with Gasteiger partial charge >= 0.3 is 5.97 Å². The molecule has 39 heavy (non-hydrogen) atoms. The molecule has 0 radical (unpaired) electrons. The molecule has 206 valence electrons. The molecule has 1 amide bonds. The van der Waals surface area contributed by atoms with E-state index in [0.717, 1.165) is 16.5 Å². The molecule has 0 spiro atoms. The Hall–Kier alpha value is -3.21.